The first-order valence-corrected chi connectivity index (χ1v) is 6.54. The maximum absolute atomic E-state index is 12.2. The minimum Gasteiger partial charge on any atom is -0.307 e. The number of carbonyl (C=O) groups is 1. The zero-order valence-corrected chi connectivity index (χ0v) is 9.80. The zero-order chi connectivity index (χ0) is 10.7. The van der Waals surface area contributed by atoms with Gasteiger partial charge in [0.1, 0.15) is 0 Å². The Morgan fingerprint density at radius 3 is 2.67 bits per heavy atom. The summed E-state index contributed by atoms with van der Waals surface area (Å²) in [6.45, 7) is 3.33. The van der Waals surface area contributed by atoms with E-state index in [9.17, 15) is 4.79 Å². The van der Waals surface area contributed by atoms with Gasteiger partial charge in [-0.25, -0.2) is 0 Å². The number of nitrogens with one attached hydrogen (secondary N) is 1. The molecule has 0 spiro atoms. The summed E-state index contributed by atoms with van der Waals surface area (Å²) in [4.78, 5) is 12.2. The molecule has 2 fully saturated rings. The summed E-state index contributed by atoms with van der Waals surface area (Å²) < 4.78 is 0. The molecule has 1 aliphatic heterocycles. The van der Waals surface area contributed by atoms with Crippen LogP contribution in [0.3, 0.4) is 0 Å². The number of Topliss-reactive ketones (excluding diaryl/α,β-unsaturated/α-hetero) is 1. The summed E-state index contributed by atoms with van der Waals surface area (Å²) in [5, 5.41) is 3.38. The maximum atomic E-state index is 12.2. The lowest BCUT2D eigenvalue weighted by atomic mass is 9.77. The van der Waals surface area contributed by atoms with E-state index >= 15 is 0 Å². The zero-order valence-electron chi connectivity index (χ0n) is 9.80. The van der Waals surface area contributed by atoms with E-state index in [0.717, 1.165) is 31.7 Å². The molecule has 86 valence electrons. The number of hydrogen-bond donors (Lipinski definition) is 1. The monoisotopic (exact) mass is 209 g/mol. The van der Waals surface area contributed by atoms with Crippen molar-refractivity contribution in [3.8, 4) is 0 Å². The Balaban J connectivity index is 1.88. The lowest BCUT2D eigenvalue weighted by Gasteiger charge is -2.30. The lowest BCUT2D eigenvalue weighted by molar-refractivity contribution is -0.126. The first-order valence-electron chi connectivity index (χ1n) is 6.54. The van der Waals surface area contributed by atoms with Crippen molar-refractivity contribution in [1.29, 1.82) is 0 Å². The summed E-state index contributed by atoms with van der Waals surface area (Å²) in [5.74, 6) is 1.64. The van der Waals surface area contributed by atoms with Crippen LogP contribution in [-0.2, 0) is 4.79 Å². The van der Waals surface area contributed by atoms with E-state index in [-0.39, 0.29) is 6.04 Å². The highest BCUT2D eigenvalue weighted by molar-refractivity contribution is 5.86. The molecule has 1 saturated heterocycles. The molecule has 1 N–H and O–H groups in total. The van der Waals surface area contributed by atoms with Gasteiger partial charge in [-0.15, -0.1) is 0 Å². The second kappa shape index (κ2) is 5.11. The van der Waals surface area contributed by atoms with E-state index in [1.807, 2.05) is 0 Å². The summed E-state index contributed by atoms with van der Waals surface area (Å²) in [6.07, 6.45) is 8.39. The fourth-order valence-electron chi connectivity index (χ4n) is 3.07. The van der Waals surface area contributed by atoms with Crippen LogP contribution in [0.5, 0.6) is 0 Å². The van der Waals surface area contributed by atoms with Gasteiger partial charge in [-0.05, 0) is 38.1 Å². The molecule has 0 amide bonds. The molecule has 1 saturated carbocycles. The van der Waals surface area contributed by atoms with Gasteiger partial charge in [0.2, 0.25) is 0 Å². The highest BCUT2D eigenvalue weighted by atomic mass is 16.1. The summed E-state index contributed by atoms with van der Waals surface area (Å²) in [7, 11) is 0. The van der Waals surface area contributed by atoms with E-state index in [4.69, 9.17) is 0 Å². The Bertz CT molecular complexity index is 221. The van der Waals surface area contributed by atoms with Gasteiger partial charge in [0.15, 0.2) is 5.78 Å². The molecule has 0 aromatic rings. The Labute approximate surface area is 92.8 Å². The predicted octanol–water partition coefficient (Wildman–Crippen LogP) is 2.52. The Hall–Kier alpha value is -0.370. The van der Waals surface area contributed by atoms with Crippen LogP contribution in [0, 0.1) is 11.8 Å². The molecule has 0 aromatic carbocycles. The molecule has 0 bridgehead atoms. The number of rotatable bonds is 2. The van der Waals surface area contributed by atoms with Gasteiger partial charge >= 0.3 is 0 Å². The molecule has 15 heavy (non-hydrogen) atoms. The molecule has 1 aliphatic carbocycles. The summed E-state index contributed by atoms with van der Waals surface area (Å²) in [5.41, 5.74) is 0. The van der Waals surface area contributed by atoms with Crippen molar-refractivity contribution in [2.45, 2.75) is 57.9 Å². The average Bonchev–Trinajstić information content (AvgIpc) is 2.29. The van der Waals surface area contributed by atoms with Gasteiger partial charge in [0.05, 0.1) is 6.04 Å². The molecular formula is C13H23NO. The quantitative estimate of drug-likeness (QED) is 0.757. The first kappa shape index (κ1) is 11.1. The molecule has 3 atom stereocenters. The summed E-state index contributed by atoms with van der Waals surface area (Å²) >= 11 is 0. The smallest absolute Gasteiger partial charge is 0.152 e. The van der Waals surface area contributed by atoms with Crippen molar-refractivity contribution >= 4 is 5.78 Å². The summed E-state index contributed by atoms with van der Waals surface area (Å²) in [6, 6.07) is 0.189. The van der Waals surface area contributed by atoms with Gasteiger partial charge in [-0.2, -0.15) is 0 Å². The van der Waals surface area contributed by atoms with Gasteiger partial charge in [0.25, 0.3) is 0 Å². The maximum Gasteiger partial charge on any atom is 0.152 e. The van der Waals surface area contributed by atoms with Crippen LogP contribution >= 0.6 is 0 Å². The first-order chi connectivity index (χ1) is 7.27. The number of hydrogen-bond acceptors (Lipinski definition) is 2. The van der Waals surface area contributed by atoms with E-state index in [0.29, 0.717) is 11.7 Å². The molecule has 3 unspecified atom stereocenters. The third kappa shape index (κ3) is 2.81. The topological polar surface area (TPSA) is 29.1 Å². The van der Waals surface area contributed by atoms with Crippen LogP contribution in [0.1, 0.15) is 51.9 Å². The van der Waals surface area contributed by atoms with E-state index in [2.05, 4.69) is 12.2 Å². The van der Waals surface area contributed by atoms with Crippen molar-refractivity contribution in [3.63, 3.8) is 0 Å². The van der Waals surface area contributed by atoms with Gasteiger partial charge in [0, 0.05) is 5.92 Å². The minimum absolute atomic E-state index is 0.189. The highest BCUT2D eigenvalue weighted by Crippen LogP contribution is 2.30. The van der Waals surface area contributed by atoms with E-state index < -0.39 is 0 Å². The van der Waals surface area contributed by atoms with Gasteiger partial charge in [-0.1, -0.05) is 26.2 Å². The second-order valence-corrected chi connectivity index (χ2v) is 5.37. The van der Waals surface area contributed by atoms with Crippen molar-refractivity contribution in [1.82, 2.24) is 5.32 Å². The van der Waals surface area contributed by atoms with Crippen LogP contribution in [0.2, 0.25) is 0 Å². The molecular weight excluding hydrogens is 186 g/mol. The average molecular weight is 209 g/mol. The Morgan fingerprint density at radius 2 is 2.00 bits per heavy atom. The fraction of sp³-hybridized carbons (Fsp3) is 0.923. The minimum atomic E-state index is 0.189. The van der Waals surface area contributed by atoms with Crippen LogP contribution < -0.4 is 5.32 Å². The number of piperidine rings is 1. The van der Waals surface area contributed by atoms with Crippen LogP contribution in [0.4, 0.5) is 0 Å². The van der Waals surface area contributed by atoms with Gasteiger partial charge in [-0.3, -0.25) is 4.79 Å². The van der Waals surface area contributed by atoms with Crippen LogP contribution in [0.25, 0.3) is 0 Å². The van der Waals surface area contributed by atoms with Crippen molar-refractivity contribution in [2.75, 3.05) is 6.54 Å². The molecule has 2 rings (SSSR count). The van der Waals surface area contributed by atoms with Crippen LogP contribution in [0.15, 0.2) is 0 Å². The normalized spacial score (nSPS) is 37.5. The molecule has 0 radical (unpaired) electrons. The highest BCUT2D eigenvalue weighted by Gasteiger charge is 2.30. The molecule has 2 heteroatoms. The van der Waals surface area contributed by atoms with Gasteiger partial charge < -0.3 is 5.32 Å². The van der Waals surface area contributed by atoms with Crippen LogP contribution in [-0.4, -0.2) is 18.4 Å². The molecule has 2 nitrogen and oxygen atoms in total. The number of carbonyl (C=O) groups excluding carboxylic acids is 1. The fourth-order valence-corrected chi connectivity index (χ4v) is 3.07. The largest absolute Gasteiger partial charge is 0.307 e. The van der Waals surface area contributed by atoms with Crippen molar-refractivity contribution in [3.05, 3.63) is 0 Å². The Kier molecular flexibility index (Phi) is 3.79. The predicted molar refractivity (Wildman–Crippen MR) is 61.8 cm³/mol. The Morgan fingerprint density at radius 1 is 1.13 bits per heavy atom. The third-order valence-corrected chi connectivity index (χ3v) is 3.99. The van der Waals surface area contributed by atoms with E-state index in [1.54, 1.807) is 0 Å². The molecule has 0 aromatic heterocycles. The number of ketones is 1. The standard InChI is InChI=1S/C13H23NO/c1-10-5-4-6-11(9-10)13(15)12-7-2-3-8-14-12/h10-12,14H,2-9H2,1H3. The van der Waals surface area contributed by atoms with Crippen molar-refractivity contribution in [2.24, 2.45) is 11.8 Å². The molecule has 1 heterocycles. The third-order valence-electron chi connectivity index (χ3n) is 3.99. The molecule has 2 aliphatic rings. The lowest BCUT2D eigenvalue weighted by Crippen LogP contribution is -2.44. The van der Waals surface area contributed by atoms with E-state index in [1.165, 1.54) is 25.7 Å². The second-order valence-electron chi connectivity index (χ2n) is 5.37. The van der Waals surface area contributed by atoms with Crippen molar-refractivity contribution < 1.29 is 4.79 Å². The SMILES string of the molecule is CC1CCCC(C(=O)C2CCCCN2)C1.